The molecule has 410 valence electrons. The first kappa shape index (κ1) is 67.6. The summed E-state index contributed by atoms with van der Waals surface area (Å²) in [7, 11) is 0. The van der Waals surface area contributed by atoms with Crippen LogP contribution in [0.25, 0.3) is 0 Å². The van der Waals surface area contributed by atoms with E-state index in [4.69, 9.17) is 4.74 Å². The van der Waals surface area contributed by atoms with Gasteiger partial charge in [0.05, 0.1) is 25.4 Å². The molecule has 0 aliphatic heterocycles. The van der Waals surface area contributed by atoms with Crippen LogP contribution < -0.4 is 5.32 Å². The summed E-state index contributed by atoms with van der Waals surface area (Å²) >= 11 is 0. The lowest BCUT2D eigenvalue weighted by atomic mass is 10.0. The second-order valence-corrected chi connectivity index (χ2v) is 21.8. The van der Waals surface area contributed by atoms with Gasteiger partial charge in [-0.05, 0) is 32.1 Å². The second-order valence-electron chi connectivity index (χ2n) is 21.8. The maximum absolute atomic E-state index is 12.4. The molecule has 0 aromatic rings. The van der Waals surface area contributed by atoms with Crippen molar-refractivity contribution >= 4 is 11.9 Å². The first-order chi connectivity index (χ1) is 34.0. The van der Waals surface area contributed by atoms with Gasteiger partial charge >= 0.3 is 5.97 Å². The van der Waals surface area contributed by atoms with Crippen LogP contribution in [-0.2, 0) is 14.3 Å². The van der Waals surface area contributed by atoms with Gasteiger partial charge in [0, 0.05) is 12.8 Å². The Balaban J connectivity index is 3.35. The van der Waals surface area contributed by atoms with Crippen molar-refractivity contribution in [3.8, 4) is 0 Å². The van der Waals surface area contributed by atoms with Gasteiger partial charge in [0.15, 0.2) is 0 Å². The molecule has 3 N–H and O–H groups in total. The number of hydrogen-bond donors (Lipinski definition) is 3. The number of esters is 1. The van der Waals surface area contributed by atoms with Crippen molar-refractivity contribution < 1.29 is 24.5 Å². The first-order valence-electron chi connectivity index (χ1n) is 31.5. The number of aliphatic hydroxyl groups excluding tert-OH is 2. The summed E-state index contributed by atoms with van der Waals surface area (Å²) in [6.45, 7) is 4.93. The summed E-state index contributed by atoms with van der Waals surface area (Å²) in [6.07, 6.45) is 71.2. The quantitative estimate of drug-likeness (QED) is 0.0321. The predicted molar refractivity (Wildman–Crippen MR) is 301 cm³/mol. The van der Waals surface area contributed by atoms with E-state index in [1.54, 1.807) is 6.08 Å². The Morgan fingerprint density at radius 3 is 0.986 bits per heavy atom. The van der Waals surface area contributed by atoms with Crippen molar-refractivity contribution in [2.75, 3.05) is 13.2 Å². The SMILES string of the molecule is CCCCCCCCCCCCC/C=C/C(O)C(CO)NC(=O)CCCCCCCCCCCCCCCCCCCCCCCCCCOC(=O)CCCCCCCCCCCCCCCCC. The minimum atomic E-state index is -0.842. The normalized spacial score (nSPS) is 12.6. The van der Waals surface area contributed by atoms with E-state index in [0.29, 0.717) is 19.4 Å². The zero-order chi connectivity index (χ0) is 50.0. The highest BCUT2D eigenvalue weighted by molar-refractivity contribution is 5.76. The fourth-order valence-electron chi connectivity index (χ4n) is 9.99. The van der Waals surface area contributed by atoms with Crippen LogP contribution >= 0.6 is 0 Å². The van der Waals surface area contributed by atoms with Crippen LogP contribution in [-0.4, -0.2) is 47.4 Å². The highest BCUT2D eigenvalue weighted by atomic mass is 16.5. The molecule has 6 nitrogen and oxygen atoms in total. The molecule has 69 heavy (non-hydrogen) atoms. The standard InChI is InChI=1S/C63H123NO5/c1-3-5-7-9-11-13-15-17-28-33-37-41-45-49-53-57-63(68)69-58-54-50-46-42-38-34-30-27-25-23-21-19-18-20-22-24-26-29-32-36-40-44-48-52-56-62(67)64-60(59-65)61(66)55-51-47-43-39-35-31-16-14-12-10-8-6-4-2/h51,55,60-61,65-66H,3-50,52-54,56-59H2,1-2H3,(H,64,67)/b55-51+. The average Bonchev–Trinajstić information content (AvgIpc) is 3.35. The Labute approximate surface area is 431 Å². The second kappa shape index (κ2) is 59.2. The molecule has 0 fully saturated rings. The molecule has 6 heteroatoms. The number of ether oxygens (including phenoxy) is 1. The van der Waals surface area contributed by atoms with Crippen molar-refractivity contribution in [3.63, 3.8) is 0 Å². The number of nitrogens with one attached hydrogen (secondary N) is 1. The number of amides is 1. The molecule has 0 saturated carbocycles. The van der Waals surface area contributed by atoms with Crippen LogP contribution in [0.4, 0.5) is 0 Å². The molecule has 0 radical (unpaired) electrons. The van der Waals surface area contributed by atoms with E-state index < -0.39 is 12.1 Å². The fraction of sp³-hybridized carbons (Fsp3) is 0.937. The largest absolute Gasteiger partial charge is 0.466 e. The number of carbonyl (C=O) groups excluding carboxylic acids is 2. The Kier molecular flexibility index (Phi) is 58.0. The number of allylic oxidation sites excluding steroid dienone is 1. The third kappa shape index (κ3) is 55.8. The smallest absolute Gasteiger partial charge is 0.305 e. The molecular weight excluding hydrogens is 851 g/mol. The zero-order valence-electron chi connectivity index (χ0n) is 46.8. The number of carbonyl (C=O) groups is 2. The number of aliphatic hydroxyl groups is 2. The van der Waals surface area contributed by atoms with Crippen LogP contribution in [0.15, 0.2) is 12.2 Å². The van der Waals surface area contributed by atoms with E-state index in [1.165, 1.54) is 289 Å². The maximum atomic E-state index is 12.4. The van der Waals surface area contributed by atoms with Crippen LogP contribution in [0.1, 0.15) is 354 Å². The van der Waals surface area contributed by atoms with Crippen LogP contribution in [0.2, 0.25) is 0 Å². The molecule has 0 aromatic heterocycles. The number of hydrogen-bond acceptors (Lipinski definition) is 5. The Morgan fingerprint density at radius 2 is 0.667 bits per heavy atom. The highest BCUT2D eigenvalue weighted by Gasteiger charge is 2.18. The van der Waals surface area contributed by atoms with Gasteiger partial charge in [-0.2, -0.15) is 0 Å². The monoisotopic (exact) mass is 974 g/mol. The minimum Gasteiger partial charge on any atom is -0.466 e. The fourth-order valence-corrected chi connectivity index (χ4v) is 9.99. The molecule has 0 heterocycles. The lowest BCUT2D eigenvalue weighted by molar-refractivity contribution is -0.143. The third-order valence-corrected chi connectivity index (χ3v) is 14.8. The molecule has 0 aliphatic rings. The molecule has 0 rings (SSSR count). The number of rotatable bonds is 59. The summed E-state index contributed by atoms with van der Waals surface area (Å²) in [5.41, 5.74) is 0. The topological polar surface area (TPSA) is 95.9 Å². The van der Waals surface area contributed by atoms with Gasteiger partial charge in [-0.25, -0.2) is 0 Å². The summed E-state index contributed by atoms with van der Waals surface area (Å²) in [6, 6.07) is -0.625. The van der Waals surface area contributed by atoms with E-state index in [2.05, 4.69) is 19.2 Å². The molecule has 0 bridgehead atoms. The summed E-state index contributed by atoms with van der Waals surface area (Å²) in [4.78, 5) is 24.5. The van der Waals surface area contributed by atoms with Crippen molar-refractivity contribution in [2.45, 2.75) is 366 Å². The lowest BCUT2D eigenvalue weighted by Gasteiger charge is -2.20. The maximum Gasteiger partial charge on any atom is 0.305 e. The van der Waals surface area contributed by atoms with Gasteiger partial charge in [0.2, 0.25) is 5.91 Å². The van der Waals surface area contributed by atoms with Gasteiger partial charge in [0.1, 0.15) is 0 Å². The third-order valence-electron chi connectivity index (χ3n) is 14.8. The summed E-state index contributed by atoms with van der Waals surface area (Å²) in [5.74, 6) is -0.0469. The molecule has 0 aliphatic carbocycles. The van der Waals surface area contributed by atoms with Crippen LogP contribution in [0.3, 0.4) is 0 Å². The molecule has 0 saturated heterocycles. The van der Waals surface area contributed by atoms with Gasteiger partial charge in [-0.15, -0.1) is 0 Å². The van der Waals surface area contributed by atoms with Crippen LogP contribution in [0, 0.1) is 0 Å². The van der Waals surface area contributed by atoms with E-state index in [-0.39, 0.29) is 18.5 Å². The van der Waals surface area contributed by atoms with Crippen molar-refractivity contribution in [2.24, 2.45) is 0 Å². The van der Waals surface area contributed by atoms with E-state index >= 15 is 0 Å². The van der Waals surface area contributed by atoms with Crippen molar-refractivity contribution in [3.05, 3.63) is 12.2 Å². The molecule has 2 atom stereocenters. The van der Waals surface area contributed by atoms with Gasteiger partial charge in [0.25, 0.3) is 0 Å². The van der Waals surface area contributed by atoms with E-state index in [0.717, 1.165) is 38.5 Å². The van der Waals surface area contributed by atoms with E-state index in [1.807, 2.05) is 6.08 Å². The first-order valence-corrected chi connectivity index (χ1v) is 31.5. The van der Waals surface area contributed by atoms with Gasteiger partial charge in [-0.3, -0.25) is 9.59 Å². The van der Waals surface area contributed by atoms with Gasteiger partial charge < -0.3 is 20.3 Å². The molecule has 1 amide bonds. The zero-order valence-corrected chi connectivity index (χ0v) is 46.8. The summed E-state index contributed by atoms with van der Waals surface area (Å²) < 4.78 is 5.49. The number of unbranched alkanes of at least 4 members (excludes halogenated alkanes) is 48. The summed E-state index contributed by atoms with van der Waals surface area (Å²) in [5, 5.41) is 23.1. The molecular formula is C63H123NO5. The Bertz CT molecular complexity index is 1030. The molecule has 0 spiro atoms. The van der Waals surface area contributed by atoms with Crippen molar-refractivity contribution in [1.29, 1.82) is 0 Å². The molecule has 2 unspecified atom stereocenters. The Morgan fingerprint density at radius 1 is 0.391 bits per heavy atom. The van der Waals surface area contributed by atoms with Crippen molar-refractivity contribution in [1.82, 2.24) is 5.32 Å². The molecule has 0 aromatic carbocycles. The average molecular weight is 975 g/mol. The lowest BCUT2D eigenvalue weighted by Crippen LogP contribution is -2.45. The predicted octanol–water partition coefficient (Wildman–Crippen LogP) is 19.6. The van der Waals surface area contributed by atoms with Crippen LogP contribution in [0.5, 0.6) is 0 Å². The van der Waals surface area contributed by atoms with Gasteiger partial charge in [-0.1, -0.05) is 321 Å². The van der Waals surface area contributed by atoms with E-state index in [9.17, 15) is 19.8 Å². The Hall–Kier alpha value is -1.40. The minimum absolute atomic E-state index is 0.0184. The highest BCUT2D eigenvalue weighted by Crippen LogP contribution is 2.18.